The topological polar surface area (TPSA) is 50.4 Å². The molecule has 1 rings (SSSR count). The maximum absolute atomic E-state index is 9.86. The van der Waals surface area contributed by atoms with Crippen LogP contribution in [0.5, 0.6) is 0 Å². The average Bonchev–Trinajstić information content (AvgIpc) is 2.38. The Bertz CT molecular complexity index is 112. The Morgan fingerprint density at radius 1 is 1.80 bits per heavy atom. The number of rotatable bonds is 3. The van der Waals surface area contributed by atoms with Gasteiger partial charge in [-0.25, -0.2) is 0 Å². The molecule has 1 saturated heterocycles. The molecule has 0 bridgehead atoms. The lowest BCUT2D eigenvalue weighted by atomic mass is 10.2. The van der Waals surface area contributed by atoms with E-state index in [-0.39, 0.29) is 12.1 Å². The van der Waals surface area contributed by atoms with Gasteiger partial charge in [0.1, 0.15) is 6.10 Å². The second-order valence-electron chi connectivity index (χ2n) is 2.21. The summed E-state index contributed by atoms with van der Waals surface area (Å²) in [7, 11) is 0. The van der Waals surface area contributed by atoms with Gasteiger partial charge in [0, 0.05) is 13.2 Å². The van der Waals surface area contributed by atoms with Gasteiger partial charge in [-0.2, -0.15) is 0 Å². The molecule has 1 heterocycles. The van der Waals surface area contributed by atoms with E-state index in [4.69, 9.17) is 0 Å². The number of ether oxygens (including phenoxy) is 1. The first-order chi connectivity index (χ1) is 4.84. The van der Waals surface area contributed by atoms with Crippen LogP contribution >= 0.6 is 0 Å². The van der Waals surface area contributed by atoms with Crippen LogP contribution in [0.2, 0.25) is 0 Å². The third kappa shape index (κ3) is 1.68. The van der Waals surface area contributed by atoms with E-state index in [0.717, 1.165) is 13.2 Å². The molecule has 4 heteroatoms. The molecule has 1 aliphatic heterocycles. The molecule has 10 heavy (non-hydrogen) atoms. The second-order valence-corrected chi connectivity index (χ2v) is 2.21. The number of hydrogen-bond donors (Lipinski definition) is 2. The summed E-state index contributed by atoms with van der Waals surface area (Å²) in [5.41, 5.74) is 0. The van der Waals surface area contributed by atoms with Gasteiger partial charge in [0.2, 0.25) is 0 Å². The van der Waals surface area contributed by atoms with Crippen LogP contribution < -0.4 is 10.6 Å². The van der Waals surface area contributed by atoms with Gasteiger partial charge in [0.25, 0.3) is 6.47 Å². The van der Waals surface area contributed by atoms with Gasteiger partial charge < -0.3 is 10.1 Å². The SMILES string of the molecule is [CH2]C(OC=O)C1CNCN1. The quantitative estimate of drug-likeness (QED) is 0.491. The van der Waals surface area contributed by atoms with Gasteiger partial charge in [-0.1, -0.05) is 0 Å². The molecule has 0 aliphatic carbocycles. The van der Waals surface area contributed by atoms with Crippen LogP contribution in [0.4, 0.5) is 0 Å². The number of carbonyl (C=O) groups excluding carboxylic acids is 1. The molecule has 2 N–H and O–H groups in total. The minimum absolute atomic E-state index is 0.158. The minimum atomic E-state index is -0.285. The smallest absolute Gasteiger partial charge is 0.293 e. The molecule has 4 nitrogen and oxygen atoms in total. The van der Waals surface area contributed by atoms with E-state index >= 15 is 0 Å². The maximum atomic E-state index is 9.86. The number of hydrogen-bond acceptors (Lipinski definition) is 4. The third-order valence-electron chi connectivity index (χ3n) is 1.53. The van der Waals surface area contributed by atoms with Gasteiger partial charge in [-0.15, -0.1) is 0 Å². The summed E-state index contributed by atoms with van der Waals surface area (Å²) in [4.78, 5) is 9.86. The Labute approximate surface area is 59.9 Å². The van der Waals surface area contributed by atoms with E-state index in [1.807, 2.05) is 0 Å². The van der Waals surface area contributed by atoms with Crippen molar-refractivity contribution in [2.75, 3.05) is 13.2 Å². The molecule has 2 atom stereocenters. The second kappa shape index (κ2) is 3.53. The molecular formula is C6H11N2O2. The van der Waals surface area contributed by atoms with Crippen LogP contribution in [0.25, 0.3) is 0 Å². The third-order valence-corrected chi connectivity index (χ3v) is 1.53. The fourth-order valence-corrected chi connectivity index (χ4v) is 0.932. The highest BCUT2D eigenvalue weighted by atomic mass is 16.5. The highest BCUT2D eigenvalue weighted by molar-refractivity contribution is 5.37. The fourth-order valence-electron chi connectivity index (χ4n) is 0.932. The summed E-state index contributed by atoms with van der Waals surface area (Å²) >= 11 is 0. The average molecular weight is 143 g/mol. The molecule has 0 saturated carbocycles. The molecule has 1 fully saturated rings. The lowest BCUT2D eigenvalue weighted by Gasteiger charge is -2.15. The van der Waals surface area contributed by atoms with Crippen molar-refractivity contribution >= 4 is 6.47 Å². The first-order valence-electron chi connectivity index (χ1n) is 3.21. The molecule has 2 unspecified atom stereocenters. The molecule has 0 amide bonds. The van der Waals surface area contributed by atoms with Gasteiger partial charge in [-0.3, -0.25) is 10.1 Å². The zero-order chi connectivity index (χ0) is 7.40. The number of nitrogens with one attached hydrogen (secondary N) is 2. The lowest BCUT2D eigenvalue weighted by Crippen LogP contribution is -2.36. The first-order valence-corrected chi connectivity index (χ1v) is 3.21. The first kappa shape index (κ1) is 7.50. The fraction of sp³-hybridized carbons (Fsp3) is 0.667. The van der Waals surface area contributed by atoms with E-state index in [0.29, 0.717) is 6.47 Å². The molecule has 0 aromatic heterocycles. The van der Waals surface area contributed by atoms with Crippen molar-refractivity contribution in [3.8, 4) is 0 Å². The van der Waals surface area contributed by atoms with E-state index in [2.05, 4.69) is 22.3 Å². The van der Waals surface area contributed by atoms with Crippen LogP contribution in [0, 0.1) is 6.92 Å². The molecule has 57 valence electrons. The van der Waals surface area contributed by atoms with Crippen molar-refractivity contribution in [3.05, 3.63) is 6.92 Å². The van der Waals surface area contributed by atoms with Crippen molar-refractivity contribution in [1.29, 1.82) is 0 Å². The van der Waals surface area contributed by atoms with Crippen LogP contribution in [0.1, 0.15) is 0 Å². The zero-order valence-electron chi connectivity index (χ0n) is 5.67. The molecule has 0 aromatic rings. The normalized spacial score (nSPS) is 27.9. The highest BCUT2D eigenvalue weighted by Crippen LogP contribution is 1.98. The Morgan fingerprint density at radius 2 is 2.60 bits per heavy atom. The minimum Gasteiger partial charge on any atom is -0.463 e. The van der Waals surface area contributed by atoms with Gasteiger partial charge in [0.15, 0.2) is 0 Å². The van der Waals surface area contributed by atoms with Crippen LogP contribution in [-0.4, -0.2) is 31.8 Å². The summed E-state index contributed by atoms with van der Waals surface area (Å²) < 4.78 is 4.63. The Hall–Kier alpha value is -0.610. The van der Waals surface area contributed by atoms with Crippen molar-refractivity contribution < 1.29 is 9.53 Å². The van der Waals surface area contributed by atoms with Crippen LogP contribution in [0.3, 0.4) is 0 Å². The molecule has 0 aromatic carbocycles. The molecule has 0 spiro atoms. The summed E-state index contributed by atoms with van der Waals surface area (Å²) in [6.07, 6.45) is -0.285. The maximum Gasteiger partial charge on any atom is 0.293 e. The lowest BCUT2D eigenvalue weighted by molar-refractivity contribution is -0.132. The Morgan fingerprint density at radius 3 is 3.10 bits per heavy atom. The largest absolute Gasteiger partial charge is 0.463 e. The van der Waals surface area contributed by atoms with E-state index in [9.17, 15) is 4.79 Å². The summed E-state index contributed by atoms with van der Waals surface area (Å²) in [6.45, 7) is 5.65. The predicted molar refractivity (Wildman–Crippen MR) is 36.1 cm³/mol. The summed E-state index contributed by atoms with van der Waals surface area (Å²) in [6, 6.07) is 0.158. The standard InChI is InChI=1S/C6H11N2O2/c1-5(10-4-9)6-2-7-3-8-6/h4-8H,1-3H2. The Balaban J connectivity index is 2.24. The van der Waals surface area contributed by atoms with Crippen molar-refractivity contribution in [2.24, 2.45) is 0 Å². The van der Waals surface area contributed by atoms with E-state index < -0.39 is 0 Å². The van der Waals surface area contributed by atoms with Gasteiger partial charge >= 0.3 is 0 Å². The predicted octanol–water partition coefficient (Wildman–Crippen LogP) is -1.12. The van der Waals surface area contributed by atoms with Gasteiger partial charge in [-0.05, 0) is 6.92 Å². The summed E-state index contributed by atoms with van der Waals surface area (Å²) in [5.74, 6) is 0. The molecular weight excluding hydrogens is 132 g/mol. The monoisotopic (exact) mass is 143 g/mol. The highest BCUT2D eigenvalue weighted by Gasteiger charge is 2.20. The molecule has 1 aliphatic rings. The van der Waals surface area contributed by atoms with E-state index in [1.165, 1.54) is 0 Å². The van der Waals surface area contributed by atoms with Gasteiger partial charge in [0.05, 0.1) is 6.04 Å². The van der Waals surface area contributed by atoms with Crippen molar-refractivity contribution in [1.82, 2.24) is 10.6 Å². The van der Waals surface area contributed by atoms with Crippen LogP contribution in [-0.2, 0) is 9.53 Å². The van der Waals surface area contributed by atoms with E-state index in [1.54, 1.807) is 0 Å². The van der Waals surface area contributed by atoms with Crippen molar-refractivity contribution in [3.63, 3.8) is 0 Å². The number of carbonyl (C=O) groups is 1. The van der Waals surface area contributed by atoms with Crippen LogP contribution in [0.15, 0.2) is 0 Å². The molecule has 1 radical (unpaired) electrons. The summed E-state index contributed by atoms with van der Waals surface area (Å²) in [5, 5.41) is 6.15. The van der Waals surface area contributed by atoms with Crippen molar-refractivity contribution in [2.45, 2.75) is 12.1 Å². The zero-order valence-corrected chi connectivity index (χ0v) is 5.67. The Kier molecular flexibility index (Phi) is 2.65.